The van der Waals surface area contributed by atoms with Crippen molar-refractivity contribution in [3.05, 3.63) is 65.2 Å². The van der Waals surface area contributed by atoms with Crippen LogP contribution in [0.5, 0.6) is 11.5 Å². The molecule has 0 radical (unpaired) electrons. The van der Waals surface area contributed by atoms with Crippen LogP contribution < -0.4 is 20.3 Å². The Morgan fingerprint density at radius 3 is 2.38 bits per heavy atom. The van der Waals surface area contributed by atoms with Gasteiger partial charge < -0.3 is 9.47 Å². The molecule has 0 aliphatic heterocycles. The Hall–Kier alpha value is -3.42. The molecule has 154 valence electrons. The first kappa shape index (κ1) is 21.9. The Bertz CT molecular complexity index is 867. The summed E-state index contributed by atoms with van der Waals surface area (Å²) in [5, 5.41) is 0. The number of aryl methyl sites for hydroxylation is 1. The van der Waals surface area contributed by atoms with Crippen LogP contribution in [0.4, 0.5) is 8.78 Å². The summed E-state index contributed by atoms with van der Waals surface area (Å²) in [7, 11) is 0. The largest absolute Gasteiger partial charge is 0.490 e. The molecular weight excluding hydrogens is 382 g/mol. The second-order valence-electron chi connectivity index (χ2n) is 5.84. The van der Waals surface area contributed by atoms with Crippen molar-refractivity contribution in [3.63, 3.8) is 0 Å². The number of rotatable bonds is 8. The fourth-order valence-corrected chi connectivity index (χ4v) is 2.39. The minimum absolute atomic E-state index is 0.0928. The summed E-state index contributed by atoms with van der Waals surface area (Å²) in [6, 6.07) is 11.3. The van der Waals surface area contributed by atoms with Crippen LogP contribution in [0.25, 0.3) is 6.08 Å². The molecule has 0 atom stereocenters. The van der Waals surface area contributed by atoms with E-state index in [9.17, 15) is 18.4 Å². The third kappa shape index (κ3) is 6.91. The van der Waals surface area contributed by atoms with Crippen molar-refractivity contribution >= 4 is 17.9 Å². The molecule has 29 heavy (non-hydrogen) atoms. The maximum absolute atomic E-state index is 12.4. The third-order valence-electron chi connectivity index (χ3n) is 3.83. The van der Waals surface area contributed by atoms with E-state index < -0.39 is 18.4 Å². The number of benzene rings is 2. The predicted octanol–water partition coefficient (Wildman–Crippen LogP) is 3.72. The molecule has 0 saturated carbocycles. The van der Waals surface area contributed by atoms with E-state index in [1.54, 1.807) is 19.1 Å². The SMILES string of the molecule is CCOc1cc(/C=C/C(=O)NNC(=O)c2ccc(CC)cc2)ccc1OC(F)F. The second kappa shape index (κ2) is 10.8. The van der Waals surface area contributed by atoms with Crippen LogP contribution in [0.15, 0.2) is 48.5 Å². The lowest BCUT2D eigenvalue weighted by atomic mass is 10.1. The third-order valence-corrected chi connectivity index (χ3v) is 3.83. The van der Waals surface area contributed by atoms with E-state index in [2.05, 4.69) is 15.6 Å². The number of hydrogen-bond acceptors (Lipinski definition) is 4. The van der Waals surface area contributed by atoms with Gasteiger partial charge in [-0.15, -0.1) is 0 Å². The zero-order valence-electron chi connectivity index (χ0n) is 16.1. The molecule has 0 aliphatic carbocycles. The number of hydrogen-bond donors (Lipinski definition) is 2. The number of halogens is 2. The Balaban J connectivity index is 1.95. The molecule has 0 unspecified atom stereocenters. The number of hydrazine groups is 1. The van der Waals surface area contributed by atoms with Crippen molar-refractivity contribution < 1.29 is 27.8 Å². The van der Waals surface area contributed by atoms with Gasteiger partial charge in [0.1, 0.15) is 0 Å². The first-order chi connectivity index (χ1) is 13.9. The number of nitrogens with one attached hydrogen (secondary N) is 2. The van der Waals surface area contributed by atoms with E-state index in [4.69, 9.17) is 4.74 Å². The Kier molecular flexibility index (Phi) is 8.14. The van der Waals surface area contributed by atoms with Crippen molar-refractivity contribution in [2.24, 2.45) is 0 Å². The van der Waals surface area contributed by atoms with Gasteiger partial charge in [-0.2, -0.15) is 8.78 Å². The fourth-order valence-electron chi connectivity index (χ4n) is 2.39. The zero-order chi connectivity index (χ0) is 21.2. The van der Waals surface area contributed by atoms with E-state index in [0.717, 1.165) is 12.0 Å². The molecule has 0 spiro atoms. The summed E-state index contributed by atoms with van der Waals surface area (Å²) < 4.78 is 34.5. The van der Waals surface area contributed by atoms with Crippen molar-refractivity contribution in [2.75, 3.05) is 6.61 Å². The van der Waals surface area contributed by atoms with Gasteiger partial charge in [-0.1, -0.05) is 25.1 Å². The van der Waals surface area contributed by atoms with E-state index in [-0.39, 0.29) is 18.1 Å². The zero-order valence-corrected chi connectivity index (χ0v) is 16.1. The van der Waals surface area contributed by atoms with Gasteiger partial charge in [0, 0.05) is 11.6 Å². The van der Waals surface area contributed by atoms with Crippen LogP contribution in [0, 0.1) is 0 Å². The Labute approximate surface area is 167 Å². The summed E-state index contributed by atoms with van der Waals surface area (Å²) in [6.07, 6.45) is 3.51. The van der Waals surface area contributed by atoms with Gasteiger partial charge in [0.15, 0.2) is 11.5 Å². The first-order valence-electron chi connectivity index (χ1n) is 9.02. The van der Waals surface area contributed by atoms with Gasteiger partial charge in [0.05, 0.1) is 6.61 Å². The standard InChI is InChI=1S/C21H22F2N2O4/c1-3-14-5-9-16(10-6-14)20(27)25-24-19(26)12-8-15-7-11-17(29-21(22)23)18(13-15)28-4-2/h5-13,21H,3-4H2,1-2H3,(H,24,26)(H,25,27)/b12-8+. The van der Waals surface area contributed by atoms with Crippen LogP contribution >= 0.6 is 0 Å². The molecule has 0 aliphatic rings. The van der Waals surface area contributed by atoms with Crippen LogP contribution in [-0.4, -0.2) is 25.0 Å². The number of carbonyl (C=O) groups is 2. The number of carbonyl (C=O) groups excluding carboxylic acids is 2. The highest BCUT2D eigenvalue weighted by Crippen LogP contribution is 2.30. The van der Waals surface area contributed by atoms with Crippen LogP contribution in [-0.2, 0) is 11.2 Å². The van der Waals surface area contributed by atoms with Crippen molar-refractivity contribution in [3.8, 4) is 11.5 Å². The lowest BCUT2D eigenvalue weighted by Gasteiger charge is -2.11. The van der Waals surface area contributed by atoms with Gasteiger partial charge in [0.2, 0.25) is 0 Å². The molecule has 2 aromatic carbocycles. The van der Waals surface area contributed by atoms with E-state index in [1.165, 1.54) is 30.4 Å². The predicted molar refractivity (Wildman–Crippen MR) is 105 cm³/mol. The number of amides is 2. The molecule has 0 heterocycles. The molecule has 0 saturated heterocycles. The molecule has 0 aromatic heterocycles. The minimum atomic E-state index is -2.97. The lowest BCUT2D eigenvalue weighted by molar-refractivity contribution is -0.117. The number of alkyl halides is 2. The van der Waals surface area contributed by atoms with Crippen LogP contribution in [0.1, 0.15) is 35.3 Å². The normalized spacial score (nSPS) is 10.8. The van der Waals surface area contributed by atoms with Crippen molar-refractivity contribution in [1.29, 1.82) is 0 Å². The minimum Gasteiger partial charge on any atom is -0.490 e. The fraction of sp³-hybridized carbons (Fsp3) is 0.238. The quantitative estimate of drug-likeness (QED) is 0.519. The molecule has 0 fully saturated rings. The highest BCUT2D eigenvalue weighted by molar-refractivity contribution is 5.97. The summed E-state index contributed by atoms with van der Waals surface area (Å²) >= 11 is 0. The summed E-state index contributed by atoms with van der Waals surface area (Å²) in [4.78, 5) is 23.9. The summed E-state index contributed by atoms with van der Waals surface area (Å²) in [5.74, 6) is -0.958. The first-order valence-corrected chi connectivity index (χ1v) is 9.02. The van der Waals surface area contributed by atoms with E-state index in [0.29, 0.717) is 11.1 Å². The average molecular weight is 404 g/mol. The Morgan fingerprint density at radius 2 is 1.76 bits per heavy atom. The molecule has 0 bridgehead atoms. The molecule has 8 heteroatoms. The lowest BCUT2D eigenvalue weighted by Crippen LogP contribution is -2.40. The van der Waals surface area contributed by atoms with E-state index >= 15 is 0 Å². The molecule has 2 amide bonds. The monoisotopic (exact) mass is 404 g/mol. The maximum atomic E-state index is 12.4. The Morgan fingerprint density at radius 1 is 1.03 bits per heavy atom. The van der Waals surface area contributed by atoms with Gasteiger partial charge >= 0.3 is 6.61 Å². The second-order valence-corrected chi connectivity index (χ2v) is 5.84. The highest BCUT2D eigenvalue weighted by atomic mass is 19.3. The highest BCUT2D eigenvalue weighted by Gasteiger charge is 2.11. The average Bonchev–Trinajstić information content (AvgIpc) is 2.72. The van der Waals surface area contributed by atoms with Crippen LogP contribution in [0.2, 0.25) is 0 Å². The molecule has 2 N–H and O–H groups in total. The molecule has 6 nitrogen and oxygen atoms in total. The van der Waals surface area contributed by atoms with Gasteiger partial charge in [-0.3, -0.25) is 20.4 Å². The maximum Gasteiger partial charge on any atom is 0.387 e. The number of ether oxygens (including phenoxy) is 2. The summed E-state index contributed by atoms with van der Waals surface area (Å²) in [5.41, 5.74) is 6.65. The van der Waals surface area contributed by atoms with Crippen LogP contribution in [0.3, 0.4) is 0 Å². The summed E-state index contributed by atoms with van der Waals surface area (Å²) in [6.45, 7) is 1.01. The molecule has 2 rings (SSSR count). The smallest absolute Gasteiger partial charge is 0.387 e. The van der Waals surface area contributed by atoms with Crippen molar-refractivity contribution in [1.82, 2.24) is 10.9 Å². The van der Waals surface area contributed by atoms with E-state index in [1.807, 2.05) is 19.1 Å². The molecule has 2 aromatic rings. The topological polar surface area (TPSA) is 76.7 Å². The van der Waals surface area contributed by atoms with Gasteiger partial charge in [-0.25, -0.2) is 0 Å². The molecular formula is C21H22F2N2O4. The van der Waals surface area contributed by atoms with Gasteiger partial charge in [-0.05, 0) is 54.8 Å². The van der Waals surface area contributed by atoms with Gasteiger partial charge in [0.25, 0.3) is 11.8 Å². The van der Waals surface area contributed by atoms with Crippen molar-refractivity contribution in [2.45, 2.75) is 26.9 Å².